The fourth-order valence-electron chi connectivity index (χ4n) is 3.93. The molecule has 1 spiro atoms. The lowest BCUT2D eigenvalue weighted by Crippen LogP contribution is -2.62. The highest BCUT2D eigenvalue weighted by molar-refractivity contribution is 7.08. The summed E-state index contributed by atoms with van der Waals surface area (Å²) in [5, 5.41) is 14.1. The Kier molecular flexibility index (Phi) is 4.54. The molecule has 0 radical (unpaired) electrons. The Morgan fingerprint density at radius 2 is 2.23 bits per heavy atom. The number of likely N-dealkylation sites (N-methyl/N-ethyl adjacent to an activating group) is 1. The molecule has 26 heavy (non-hydrogen) atoms. The van der Waals surface area contributed by atoms with E-state index < -0.39 is 0 Å². The molecule has 1 unspecified atom stereocenters. The van der Waals surface area contributed by atoms with E-state index in [1.165, 1.54) is 0 Å². The molecule has 2 saturated heterocycles. The number of carbonyl (C=O) groups excluding carboxylic acids is 2. The first-order valence-electron chi connectivity index (χ1n) is 8.93. The van der Waals surface area contributed by atoms with Crippen molar-refractivity contribution in [1.29, 1.82) is 0 Å². The monoisotopic (exact) mass is 373 g/mol. The van der Waals surface area contributed by atoms with Gasteiger partial charge in [-0.15, -0.1) is 0 Å². The van der Waals surface area contributed by atoms with Gasteiger partial charge >= 0.3 is 0 Å². The fourth-order valence-corrected chi connectivity index (χ4v) is 4.58. The van der Waals surface area contributed by atoms with Crippen molar-refractivity contribution in [3.8, 4) is 11.3 Å². The van der Waals surface area contributed by atoms with E-state index in [-0.39, 0.29) is 17.4 Å². The maximum absolute atomic E-state index is 13.0. The number of H-pyrrole nitrogens is 1. The summed E-state index contributed by atoms with van der Waals surface area (Å²) < 4.78 is 0. The highest BCUT2D eigenvalue weighted by Crippen LogP contribution is 2.31. The molecular formula is C18H23N5O2S. The lowest BCUT2D eigenvalue weighted by Gasteiger charge is -2.49. The van der Waals surface area contributed by atoms with Gasteiger partial charge in [-0.25, -0.2) is 0 Å². The van der Waals surface area contributed by atoms with Crippen molar-refractivity contribution in [2.45, 2.75) is 24.8 Å². The van der Waals surface area contributed by atoms with Crippen molar-refractivity contribution in [3.05, 3.63) is 28.6 Å². The van der Waals surface area contributed by atoms with E-state index in [0.717, 1.165) is 30.6 Å². The van der Waals surface area contributed by atoms with Gasteiger partial charge in [-0.05, 0) is 37.4 Å². The van der Waals surface area contributed by atoms with E-state index in [9.17, 15) is 9.59 Å². The van der Waals surface area contributed by atoms with E-state index in [0.29, 0.717) is 31.7 Å². The number of aromatic nitrogens is 2. The third kappa shape index (κ3) is 3.14. The first-order chi connectivity index (χ1) is 12.6. The van der Waals surface area contributed by atoms with Crippen LogP contribution in [0, 0.1) is 0 Å². The molecule has 1 atom stereocenters. The zero-order chi connectivity index (χ0) is 18.1. The molecule has 2 aliphatic heterocycles. The topological polar surface area (TPSA) is 81.3 Å². The average molecular weight is 373 g/mol. The Balaban J connectivity index is 1.52. The quantitative estimate of drug-likeness (QED) is 0.837. The molecule has 2 aliphatic rings. The van der Waals surface area contributed by atoms with Crippen molar-refractivity contribution in [1.82, 2.24) is 25.3 Å². The second kappa shape index (κ2) is 6.85. The number of nitrogens with one attached hydrogen (secondary N) is 2. The van der Waals surface area contributed by atoms with Crippen LogP contribution in [0.1, 0.15) is 29.8 Å². The summed E-state index contributed by atoms with van der Waals surface area (Å²) >= 11 is 1.61. The standard InChI is InChI=1S/C18H23N5O2S/c1-22-7-8-23(12-18(22)4-2-16(24)19-6-5-18)17(25)15-10-14(20-21-15)13-3-9-26-11-13/h3,9-11H,2,4-8,12H2,1H3,(H,19,24)(H,20,21). The van der Waals surface area contributed by atoms with Crippen LogP contribution in [-0.2, 0) is 4.79 Å². The van der Waals surface area contributed by atoms with Gasteiger partial charge in [0.15, 0.2) is 0 Å². The van der Waals surface area contributed by atoms with Gasteiger partial charge in [-0.2, -0.15) is 16.4 Å². The second-order valence-electron chi connectivity index (χ2n) is 7.15. The summed E-state index contributed by atoms with van der Waals surface area (Å²) in [4.78, 5) is 29.0. The molecule has 2 amide bonds. The number of amides is 2. The van der Waals surface area contributed by atoms with E-state index >= 15 is 0 Å². The van der Waals surface area contributed by atoms with Crippen LogP contribution in [0.2, 0.25) is 0 Å². The van der Waals surface area contributed by atoms with Gasteiger partial charge in [0.1, 0.15) is 5.69 Å². The maximum atomic E-state index is 13.0. The van der Waals surface area contributed by atoms with Crippen LogP contribution >= 0.6 is 11.3 Å². The minimum Gasteiger partial charge on any atom is -0.356 e. The zero-order valence-electron chi connectivity index (χ0n) is 14.8. The predicted octanol–water partition coefficient (Wildman–Crippen LogP) is 1.56. The van der Waals surface area contributed by atoms with Crippen molar-refractivity contribution in [2.24, 2.45) is 0 Å². The van der Waals surface area contributed by atoms with Crippen LogP contribution in [0.5, 0.6) is 0 Å². The average Bonchev–Trinajstić information content (AvgIpc) is 3.29. The van der Waals surface area contributed by atoms with Crippen LogP contribution in [-0.4, -0.2) is 70.6 Å². The van der Waals surface area contributed by atoms with Gasteiger partial charge in [0.2, 0.25) is 5.91 Å². The Morgan fingerprint density at radius 3 is 3.04 bits per heavy atom. The smallest absolute Gasteiger partial charge is 0.271 e. The summed E-state index contributed by atoms with van der Waals surface area (Å²) in [5.74, 6) is 0.0858. The Labute approximate surface area is 156 Å². The molecule has 2 N–H and O–H groups in total. The highest BCUT2D eigenvalue weighted by Gasteiger charge is 2.42. The minimum absolute atomic E-state index is 0.0185. The molecule has 2 aromatic rings. The molecule has 7 nitrogen and oxygen atoms in total. The molecule has 0 aromatic carbocycles. The predicted molar refractivity (Wildman–Crippen MR) is 100 cm³/mol. The lowest BCUT2D eigenvalue weighted by atomic mass is 9.86. The Morgan fingerprint density at radius 1 is 1.35 bits per heavy atom. The van der Waals surface area contributed by atoms with Crippen LogP contribution in [0.4, 0.5) is 0 Å². The number of thiophene rings is 1. The van der Waals surface area contributed by atoms with Crippen molar-refractivity contribution < 1.29 is 9.59 Å². The molecule has 4 rings (SSSR count). The number of nitrogens with zero attached hydrogens (tertiary/aromatic N) is 3. The van der Waals surface area contributed by atoms with Crippen LogP contribution < -0.4 is 5.32 Å². The SMILES string of the molecule is CN1CCN(C(=O)c2cc(-c3ccsc3)n[nH]2)CC12CCNC(=O)CC2. The molecule has 2 aromatic heterocycles. The molecule has 0 bridgehead atoms. The largest absolute Gasteiger partial charge is 0.356 e. The number of aromatic amines is 1. The van der Waals surface area contributed by atoms with E-state index in [2.05, 4.69) is 27.5 Å². The fraction of sp³-hybridized carbons (Fsp3) is 0.500. The molecule has 2 fully saturated rings. The van der Waals surface area contributed by atoms with Gasteiger partial charge in [0, 0.05) is 49.1 Å². The van der Waals surface area contributed by atoms with Crippen molar-refractivity contribution >= 4 is 23.2 Å². The molecule has 0 saturated carbocycles. The summed E-state index contributed by atoms with van der Waals surface area (Å²) in [6, 6.07) is 3.82. The van der Waals surface area contributed by atoms with Crippen LogP contribution in [0.3, 0.4) is 0 Å². The summed E-state index contributed by atoms with van der Waals surface area (Å²) in [6.07, 6.45) is 2.16. The van der Waals surface area contributed by atoms with Gasteiger partial charge in [-0.3, -0.25) is 19.6 Å². The molecular weight excluding hydrogens is 350 g/mol. The third-order valence-corrected chi connectivity index (χ3v) is 6.33. The molecule has 8 heteroatoms. The first-order valence-corrected chi connectivity index (χ1v) is 9.87. The molecule has 0 aliphatic carbocycles. The number of rotatable bonds is 2. The number of piperazine rings is 1. The van der Waals surface area contributed by atoms with Gasteiger partial charge in [0.25, 0.3) is 5.91 Å². The lowest BCUT2D eigenvalue weighted by molar-refractivity contribution is -0.121. The zero-order valence-corrected chi connectivity index (χ0v) is 15.6. The maximum Gasteiger partial charge on any atom is 0.271 e. The highest BCUT2D eigenvalue weighted by atomic mass is 32.1. The second-order valence-corrected chi connectivity index (χ2v) is 7.93. The minimum atomic E-state index is -0.136. The Bertz CT molecular complexity index is 802. The van der Waals surface area contributed by atoms with Crippen molar-refractivity contribution in [3.63, 3.8) is 0 Å². The van der Waals surface area contributed by atoms with E-state index in [4.69, 9.17) is 0 Å². The van der Waals surface area contributed by atoms with Crippen LogP contribution in [0.25, 0.3) is 11.3 Å². The third-order valence-electron chi connectivity index (χ3n) is 5.64. The van der Waals surface area contributed by atoms with E-state index in [1.807, 2.05) is 27.8 Å². The Hall–Kier alpha value is -2.19. The normalized spacial score (nSPS) is 24.5. The molecule has 4 heterocycles. The first kappa shape index (κ1) is 17.2. The van der Waals surface area contributed by atoms with Crippen molar-refractivity contribution in [2.75, 3.05) is 33.2 Å². The van der Waals surface area contributed by atoms with Crippen LogP contribution in [0.15, 0.2) is 22.9 Å². The molecule has 138 valence electrons. The summed E-state index contributed by atoms with van der Waals surface area (Å²) in [6.45, 7) is 2.80. The number of hydrogen-bond donors (Lipinski definition) is 2. The van der Waals surface area contributed by atoms with Gasteiger partial charge in [-0.1, -0.05) is 0 Å². The van der Waals surface area contributed by atoms with E-state index in [1.54, 1.807) is 11.3 Å². The number of hydrogen-bond acceptors (Lipinski definition) is 5. The van der Waals surface area contributed by atoms with Gasteiger partial charge < -0.3 is 10.2 Å². The van der Waals surface area contributed by atoms with Gasteiger partial charge in [0.05, 0.1) is 5.69 Å². The summed E-state index contributed by atoms with van der Waals surface area (Å²) in [5.41, 5.74) is 2.20. The number of carbonyl (C=O) groups is 2. The summed E-state index contributed by atoms with van der Waals surface area (Å²) in [7, 11) is 2.10.